The maximum absolute atomic E-state index is 11.6. The first-order valence-corrected chi connectivity index (χ1v) is 11.8. The Morgan fingerprint density at radius 2 is 1.32 bits per heavy atom. The summed E-state index contributed by atoms with van der Waals surface area (Å²) in [6.07, 6.45) is 2.00. The minimum Gasteiger partial charge on any atom is -1.00 e. The molecule has 1 aliphatic rings. The second-order valence-electron chi connectivity index (χ2n) is 8.93. The lowest BCUT2D eigenvalue weighted by molar-refractivity contribution is -0.345. The first-order chi connectivity index (χ1) is 18.1. The number of rotatable bonds is 4. The number of hydrogen-bond donors (Lipinski definition) is 2. The standard InChI is InChI=1S/C31H18N2O4.ClH/c34-28-13-7-19-15-21(9-11-26(19)36-28)32-17-25-23-5-1-3-18-4-2-6-24(30(18)23)31(25)33-22-10-12-27-20(16-22)8-14-29(35)37-27;/h1-17,33H;1H. The van der Waals surface area contributed by atoms with E-state index >= 15 is 0 Å². The quantitative estimate of drug-likeness (QED) is 0.275. The Morgan fingerprint density at radius 1 is 0.658 bits per heavy atom. The van der Waals surface area contributed by atoms with Gasteiger partial charge in [0.05, 0.1) is 11.3 Å². The van der Waals surface area contributed by atoms with Crippen LogP contribution in [0.15, 0.2) is 115 Å². The summed E-state index contributed by atoms with van der Waals surface area (Å²) in [4.78, 5) is 26.5. The molecule has 0 bridgehead atoms. The van der Waals surface area contributed by atoms with E-state index in [0.29, 0.717) is 11.2 Å². The molecule has 0 spiro atoms. The van der Waals surface area contributed by atoms with Crippen molar-refractivity contribution in [3.05, 3.63) is 129 Å². The normalized spacial score (nSPS) is 12.5. The summed E-state index contributed by atoms with van der Waals surface area (Å²) in [7, 11) is 0. The molecular formula is C31H19ClN2O4. The van der Waals surface area contributed by atoms with Gasteiger partial charge >= 0.3 is 11.3 Å². The minimum atomic E-state index is -0.368. The van der Waals surface area contributed by atoms with Crippen LogP contribution < -0.4 is 34.0 Å². The summed E-state index contributed by atoms with van der Waals surface area (Å²) < 4.78 is 10.6. The summed E-state index contributed by atoms with van der Waals surface area (Å²) in [5.41, 5.74) is 6.34. The van der Waals surface area contributed by atoms with E-state index in [-0.39, 0.29) is 23.7 Å². The SMILES string of the molecule is O=c1ccc2cc(NC3=C(C=[NH+]c4ccc5oc(=O)ccc5c4)c4cccc5cccc3c45)ccc2o1.[Cl-]. The van der Waals surface area contributed by atoms with E-state index in [1.165, 1.54) is 22.9 Å². The lowest BCUT2D eigenvalue weighted by atomic mass is 10.0. The van der Waals surface area contributed by atoms with Crippen molar-refractivity contribution in [3.63, 3.8) is 0 Å². The Bertz CT molecular complexity index is 2070. The molecule has 0 amide bonds. The third-order valence-electron chi connectivity index (χ3n) is 6.62. The fourth-order valence-electron chi connectivity index (χ4n) is 4.95. The van der Waals surface area contributed by atoms with Crippen molar-refractivity contribution in [1.82, 2.24) is 0 Å². The third-order valence-corrected chi connectivity index (χ3v) is 6.62. The molecule has 7 rings (SSSR count). The maximum Gasteiger partial charge on any atom is 0.336 e. The van der Waals surface area contributed by atoms with Gasteiger partial charge in [-0.2, -0.15) is 0 Å². The number of nitrogens with one attached hydrogen (secondary N) is 2. The number of allylic oxidation sites excluding steroid dienone is 1. The molecule has 0 unspecified atom stereocenters. The fraction of sp³-hybridized carbons (Fsp3) is 0. The average Bonchev–Trinajstić information content (AvgIpc) is 3.21. The highest BCUT2D eigenvalue weighted by molar-refractivity contribution is 6.29. The zero-order valence-corrected chi connectivity index (χ0v) is 20.6. The van der Waals surface area contributed by atoms with E-state index in [9.17, 15) is 9.59 Å². The van der Waals surface area contributed by atoms with Crippen LogP contribution in [-0.2, 0) is 0 Å². The molecule has 38 heavy (non-hydrogen) atoms. The highest BCUT2D eigenvalue weighted by Gasteiger charge is 2.25. The Balaban J connectivity index is 0.00000264. The van der Waals surface area contributed by atoms with Crippen LogP contribution >= 0.6 is 0 Å². The predicted octanol–water partition coefficient (Wildman–Crippen LogP) is 1.83. The second kappa shape index (κ2) is 9.18. The van der Waals surface area contributed by atoms with Crippen molar-refractivity contribution < 1.29 is 26.2 Å². The van der Waals surface area contributed by atoms with Crippen LogP contribution in [0, 0.1) is 0 Å². The van der Waals surface area contributed by atoms with Crippen molar-refractivity contribution in [2.75, 3.05) is 5.32 Å². The Labute approximate surface area is 222 Å². The number of hydrogen-bond acceptors (Lipinski definition) is 5. The van der Waals surface area contributed by atoms with Gasteiger partial charge in [0.25, 0.3) is 0 Å². The highest BCUT2D eigenvalue weighted by Crippen LogP contribution is 2.41. The third kappa shape index (κ3) is 3.97. The minimum absolute atomic E-state index is 0. The zero-order chi connectivity index (χ0) is 24.9. The largest absolute Gasteiger partial charge is 1.00 e. The molecule has 0 atom stereocenters. The van der Waals surface area contributed by atoms with Gasteiger partial charge in [-0.15, -0.1) is 0 Å². The molecule has 2 aromatic heterocycles. The van der Waals surface area contributed by atoms with Crippen LogP contribution in [-0.4, -0.2) is 6.21 Å². The van der Waals surface area contributed by atoms with Gasteiger partial charge < -0.3 is 26.6 Å². The lowest BCUT2D eigenvalue weighted by Gasteiger charge is -2.11. The molecule has 6 nitrogen and oxygen atoms in total. The van der Waals surface area contributed by atoms with Gasteiger partial charge in [0, 0.05) is 46.3 Å². The van der Waals surface area contributed by atoms with Crippen LogP contribution in [0.4, 0.5) is 11.4 Å². The topological polar surface area (TPSA) is 86.4 Å². The molecule has 0 saturated carbocycles. The van der Waals surface area contributed by atoms with E-state index in [4.69, 9.17) is 8.83 Å². The smallest absolute Gasteiger partial charge is 0.336 e. The average molecular weight is 519 g/mol. The molecule has 0 radical (unpaired) electrons. The van der Waals surface area contributed by atoms with E-state index in [0.717, 1.165) is 44.5 Å². The Morgan fingerprint density at radius 3 is 2.05 bits per heavy atom. The number of fused-ring (bicyclic) bond motifs is 2. The summed E-state index contributed by atoms with van der Waals surface area (Å²) >= 11 is 0. The summed E-state index contributed by atoms with van der Waals surface area (Å²) in [5, 5.41) is 7.64. The molecule has 1 aliphatic carbocycles. The molecular weight excluding hydrogens is 500 g/mol. The van der Waals surface area contributed by atoms with Crippen molar-refractivity contribution >= 4 is 61.6 Å². The van der Waals surface area contributed by atoms with Crippen LogP contribution in [0.2, 0.25) is 0 Å². The molecule has 4 aromatic carbocycles. The molecule has 0 aliphatic heterocycles. The van der Waals surface area contributed by atoms with Gasteiger partial charge in [-0.05, 0) is 52.7 Å². The van der Waals surface area contributed by atoms with E-state index in [2.05, 4.69) is 46.7 Å². The van der Waals surface area contributed by atoms with Crippen LogP contribution in [0.5, 0.6) is 0 Å². The molecule has 184 valence electrons. The molecule has 2 N–H and O–H groups in total. The molecule has 2 heterocycles. The monoisotopic (exact) mass is 518 g/mol. The Hall–Kier alpha value is -4.94. The van der Waals surface area contributed by atoms with E-state index in [1.54, 1.807) is 24.3 Å². The first-order valence-electron chi connectivity index (χ1n) is 11.8. The van der Waals surface area contributed by atoms with Gasteiger partial charge in [-0.3, -0.25) is 0 Å². The first kappa shape index (κ1) is 23.5. The summed E-state index contributed by atoms with van der Waals surface area (Å²) in [5.74, 6) is 0. The lowest BCUT2D eigenvalue weighted by Crippen LogP contribution is -3.00. The Kier molecular flexibility index (Phi) is 5.66. The predicted molar refractivity (Wildman–Crippen MR) is 146 cm³/mol. The van der Waals surface area contributed by atoms with Crippen LogP contribution in [0.1, 0.15) is 11.1 Å². The van der Waals surface area contributed by atoms with Gasteiger partial charge in [0.2, 0.25) is 5.69 Å². The number of halogens is 1. The van der Waals surface area contributed by atoms with Crippen molar-refractivity contribution in [1.29, 1.82) is 0 Å². The maximum atomic E-state index is 11.6. The van der Waals surface area contributed by atoms with Gasteiger partial charge in [0.1, 0.15) is 11.2 Å². The summed E-state index contributed by atoms with van der Waals surface area (Å²) in [6.45, 7) is 0. The molecule has 0 fully saturated rings. The molecule has 0 saturated heterocycles. The summed E-state index contributed by atoms with van der Waals surface area (Å²) in [6, 6.07) is 30.3. The van der Waals surface area contributed by atoms with Crippen LogP contribution in [0.3, 0.4) is 0 Å². The van der Waals surface area contributed by atoms with Crippen LogP contribution in [0.25, 0.3) is 44.0 Å². The van der Waals surface area contributed by atoms with Gasteiger partial charge in [0.15, 0.2) is 6.21 Å². The molecule has 6 aromatic rings. The van der Waals surface area contributed by atoms with Crippen molar-refractivity contribution in [3.8, 4) is 0 Å². The van der Waals surface area contributed by atoms with Crippen molar-refractivity contribution in [2.24, 2.45) is 0 Å². The van der Waals surface area contributed by atoms with E-state index in [1.807, 2.05) is 30.5 Å². The number of benzene rings is 4. The van der Waals surface area contributed by atoms with Crippen molar-refractivity contribution in [2.45, 2.75) is 0 Å². The molecule has 7 heteroatoms. The zero-order valence-electron chi connectivity index (χ0n) is 19.8. The number of anilines is 1. The van der Waals surface area contributed by atoms with E-state index < -0.39 is 0 Å². The van der Waals surface area contributed by atoms with Gasteiger partial charge in [-0.25, -0.2) is 14.6 Å². The highest BCUT2D eigenvalue weighted by atomic mass is 35.5. The second-order valence-corrected chi connectivity index (χ2v) is 8.93. The fourth-order valence-corrected chi connectivity index (χ4v) is 4.95. The van der Waals surface area contributed by atoms with Gasteiger partial charge in [-0.1, -0.05) is 36.4 Å².